The highest BCUT2D eigenvalue weighted by atomic mass is 32.1. The number of carbonyl (C=O) groups is 1. The lowest BCUT2D eigenvalue weighted by Gasteiger charge is -2.26. The molecular formula is C20H18FNO3S. The molecule has 0 saturated heterocycles. The van der Waals surface area contributed by atoms with E-state index < -0.39 is 0 Å². The summed E-state index contributed by atoms with van der Waals surface area (Å²) >= 11 is 1.29. The molecule has 1 aliphatic heterocycles. The molecule has 0 fully saturated rings. The molecule has 1 amide bonds. The van der Waals surface area contributed by atoms with E-state index in [9.17, 15) is 9.18 Å². The van der Waals surface area contributed by atoms with Crippen LogP contribution in [0.1, 0.15) is 33.3 Å². The number of hydrogen-bond acceptors (Lipinski definition) is 4. The van der Waals surface area contributed by atoms with Crippen molar-refractivity contribution in [1.82, 2.24) is 5.32 Å². The monoisotopic (exact) mass is 371 g/mol. The summed E-state index contributed by atoms with van der Waals surface area (Å²) in [6, 6.07) is 12.5. The van der Waals surface area contributed by atoms with Crippen LogP contribution in [-0.4, -0.2) is 19.6 Å². The van der Waals surface area contributed by atoms with Gasteiger partial charge in [-0.3, -0.25) is 4.79 Å². The lowest BCUT2D eigenvalue weighted by Crippen LogP contribution is -2.32. The minimum atomic E-state index is -0.332. The second-order valence-corrected chi connectivity index (χ2v) is 7.21. The van der Waals surface area contributed by atoms with Crippen molar-refractivity contribution in [3.05, 3.63) is 64.3 Å². The number of fused-ring (bicyclic) bond motifs is 2. The third-order valence-electron chi connectivity index (χ3n) is 4.52. The molecule has 1 atom stereocenters. The zero-order chi connectivity index (χ0) is 18.1. The summed E-state index contributed by atoms with van der Waals surface area (Å²) < 4.78 is 25.9. The first-order valence-corrected chi connectivity index (χ1v) is 9.22. The molecule has 3 aromatic rings. The van der Waals surface area contributed by atoms with Crippen molar-refractivity contribution in [2.24, 2.45) is 0 Å². The standard InChI is InChI=1S/C20H18FNO3S/c1-24-11-13-18-14(21)6-4-8-17(18)26-19(13)20(23)22-15-9-10-25-16-7-3-2-5-12(15)16/h2-8,15H,9-11H2,1H3,(H,22,23)/t15-/m1/s1. The van der Waals surface area contributed by atoms with Gasteiger partial charge in [-0.15, -0.1) is 11.3 Å². The summed E-state index contributed by atoms with van der Waals surface area (Å²) in [6.07, 6.45) is 0.696. The summed E-state index contributed by atoms with van der Waals surface area (Å²) in [7, 11) is 1.54. The second kappa shape index (κ2) is 7.05. The SMILES string of the molecule is COCc1c(C(=O)N[C@@H]2CCOc3ccccc32)sc2cccc(F)c12. The van der Waals surface area contributed by atoms with Crippen LogP contribution in [0.2, 0.25) is 0 Å². The fourth-order valence-electron chi connectivity index (χ4n) is 3.35. The molecule has 0 aliphatic carbocycles. The molecule has 4 nitrogen and oxygen atoms in total. The molecule has 1 aliphatic rings. The van der Waals surface area contributed by atoms with Gasteiger partial charge >= 0.3 is 0 Å². The topological polar surface area (TPSA) is 47.6 Å². The second-order valence-electron chi connectivity index (χ2n) is 6.16. The van der Waals surface area contributed by atoms with Crippen molar-refractivity contribution in [1.29, 1.82) is 0 Å². The van der Waals surface area contributed by atoms with Crippen LogP contribution in [0.5, 0.6) is 5.75 Å². The molecular weight excluding hydrogens is 353 g/mol. The summed E-state index contributed by atoms with van der Waals surface area (Å²) in [5.41, 5.74) is 1.57. The fourth-order valence-corrected chi connectivity index (χ4v) is 4.47. The summed E-state index contributed by atoms with van der Waals surface area (Å²) in [5.74, 6) is 0.254. The smallest absolute Gasteiger partial charge is 0.262 e. The molecule has 0 radical (unpaired) electrons. The number of thiophene rings is 1. The molecule has 6 heteroatoms. The maximum Gasteiger partial charge on any atom is 0.262 e. The Kier molecular flexibility index (Phi) is 4.61. The van der Waals surface area contributed by atoms with E-state index in [0.29, 0.717) is 28.9 Å². The van der Waals surface area contributed by atoms with Crippen LogP contribution < -0.4 is 10.1 Å². The fraction of sp³-hybridized carbons (Fsp3) is 0.250. The predicted octanol–water partition coefficient (Wildman–Crippen LogP) is 4.44. The Bertz CT molecular complexity index is 969. The van der Waals surface area contributed by atoms with Crippen molar-refractivity contribution in [3.8, 4) is 5.75 Å². The minimum absolute atomic E-state index is 0.127. The molecule has 1 N–H and O–H groups in total. The van der Waals surface area contributed by atoms with E-state index in [1.807, 2.05) is 30.3 Å². The van der Waals surface area contributed by atoms with Gasteiger partial charge in [0.2, 0.25) is 0 Å². The van der Waals surface area contributed by atoms with Gasteiger partial charge in [0.25, 0.3) is 5.91 Å². The van der Waals surface area contributed by atoms with Crippen LogP contribution in [0.15, 0.2) is 42.5 Å². The van der Waals surface area contributed by atoms with Crippen molar-refractivity contribution in [2.75, 3.05) is 13.7 Å². The number of amides is 1. The lowest BCUT2D eigenvalue weighted by atomic mass is 10.0. The first-order chi connectivity index (χ1) is 12.7. The third kappa shape index (κ3) is 2.95. The number of nitrogens with one attached hydrogen (secondary N) is 1. The van der Waals surface area contributed by atoms with E-state index in [-0.39, 0.29) is 24.4 Å². The zero-order valence-electron chi connectivity index (χ0n) is 14.3. The zero-order valence-corrected chi connectivity index (χ0v) is 15.1. The van der Waals surface area contributed by atoms with E-state index in [4.69, 9.17) is 9.47 Å². The molecule has 4 rings (SSSR count). The van der Waals surface area contributed by atoms with Gasteiger partial charge in [0, 0.05) is 34.7 Å². The van der Waals surface area contributed by atoms with Crippen molar-refractivity contribution >= 4 is 27.3 Å². The highest BCUT2D eigenvalue weighted by molar-refractivity contribution is 7.21. The quantitative estimate of drug-likeness (QED) is 0.738. The van der Waals surface area contributed by atoms with Crippen LogP contribution in [0.3, 0.4) is 0 Å². The molecule has 134 valence electrons. The lowest BCUT2D eigenvalue weighted by molar-refractivity contribution is 0.0924. The van der Waals surface area contributed by atoms with E-state index in [1.165, 1.54) is 17.4 Å². The summed E-state index contributed by atoms with van der Waals surface area (Å²) in [4.78, 5) is 13.5. The van der Waals surface area contributed by atoms with Crippen molar-refractivity contribution in [3.63, 3.8) is 0 Å². The number of rotatable bonds is 4. The predicted molar refractivity (Wildman–Crippen MR) is 99.3 cm³/mol. The third-order valence-corrected chi connectivity index (χ3v) is 5.72. The number of halogens is 1. The molecule has 2 heterocycles. The van der Waals surface area contributed by atoms with Crippen molar-refractivity contribution < 1.29 is 18.7 Å². The van der Waals surface area contributed by atoms with Gasteiger partial charge in [-0.2, -0.15) is 0 Å². The summed E-state index contributed by atoms with van der Waals surface area (Å²) in [6.45, 7) is 0.738. The maximum absolute atomic E-state index is 14.3. The average Bonchev–Trinajstić information content (AvgIpc) is 3.02. The van der Waals surface area contributed by atoms with E-state index >= 15 is 0 Å². The van der Waals surface area contributed by atoms with E-state index in [2.05, 4.69) is 5.32 Å². The van der Waals surface area contributed by atoms with Crippen LogP contribution in [-0.2, 0) is 11.3 Å². The molecule has 2 aromatic carbocycles. The molecule has 26 heavy (non-hydrogen) atoms. The Morgan fingerprint density at radius 2 is 2.15 bits per heavy atom. The first-order valence-electron chi connectivity index (χ1n) is 8.40. The van der Waals surface area contributed by atoms with Gasteiger partial charge in [-0.25, -0.2) is 4.39 Å². The van der Waals surface area contributed by atoms with Crippen LogP contribution in [0.25, 0.3) is 10.1 Å². The number of ether oxygens (including phenoxy) is 2. The van der Waals surface area contributed by atoms with Gasteiger partial charge in [-0.1, -0.05) is 24.3 Å². The summed E-state index contributed by atoms with van der Waals surface area (Å²) in [5, 5.41) is 3.55. The minimum Gasteiger partial charge on any atom is -0.493 e. The van der Waals surface area contributed by atoms with Gasteiger partial charge in [0.15, 0.2) is 0 Å². The number of benzene rings is 2. The van der Waals surface area contributed by atoms with Gasteiger partial charge < -0.3 is 14.8 Å². The van der Waals surface area contributed by atoms with E-state index in [0.717, 1.165) is 16.0 Å². The van der Waals surface area contributed by atoms with Gasteiger partial charge in [0.05, 0.1) is 24.1 Å². The van der Waals surface area contributed by atoms with Crippen LogP contribution in [0, 0.1) is 5.82 Å². The van der Waals surface area contributed by atoms with Crippen LogP contribution in [0.4, 0.5) is 4.39 Å². The Morgan fingerprint density at radius 3 is 3.00 bits per heavy atom. The number of para-hydroxylation sites is 1. The Morgan fingerprint density at radius 1 is 1.31 bits per heavy atom. The largest absolute Gasteiger partial charge is 0.493 e. The number of carbonyl (C=O) groups excluding carboxylic acids is 1. The highest BCUT2D eigenvalue weighted by Gasteiger charge is 2.26. The normalized spacial score (nSPS) is 16.2. The molecule has 0 bridgehead atoms. The molecule has 0 spiro atoms. The Balaban J connectivity index is 1.69. The van der Waals surface area contributed by atoms with Gasteiger partial charge in [-0.05, 0) is 18.2 Å². The molecule has 0 saturated carbocycles. The van der Waals surface area contributed by atoms with E-state index in [1.54, 1.807) is 13.2 Å². The Hall–Kier alpha value is -2.44. The Labute approximate surface area is 154 Å². The maximum atomic E-state index is 14.3. The molecule has 1 aromatic heterocycles. The number of hydrogen-bond donors (Lipinski definition) is 1. The van der Waals surface area contributed by atoms with Crippen LogP contribution >= 0.6 is 11.3 Å². The van der Waals surface area contributed by atoms with Crippen molar-refractivity contribution in [2.45, 2.75) is 19.1 Å². The first kappa shape index (κ1) is 17.0. The highest BCUT2D eigenvalue weighted by Crippen LogP contribution is 2.36. The number of methoxy groups -OCH3 is 1. The van der Waals surface area contributed by atoms with Gasteiger partial charge in [0.1, 0.15) is 11.6 Å². The average molecular weight is 371 g/mol. The molecule has 0 unspecified atom stereocenters.